The van der Waals surface area contributed by atoms with Gasteiger partial charge in [-0.05, 0) is 72.8 Å². The highest BCUT2D eigenvalue weighted by atomic mass is 35.5. The van der Waals surface area contributed by atoms with Crippen molar-refractivity contribution in [3.05, 3.63) is 88.9 Å². The highest BCUT2D eigenvalue weighted by Gasteiger charge is 2.17. The SMILES string of the molecule is CN(C)S(=O)(=O)c1ccc(NC(=O)COc2ccc(C(=O)c3ccc(Cl)cc3)cc2)cc1. The molecule has 1 amide bonds. The van der Waals surface area contributed by atoms with E-state index in [4.69, 9.17) is 16.3 Å². The van der Waals surface area contributed by atoms with Gasteiger partial charge in [-0.2, -0.15) is 0 Å². The van der Waals surface area contributed by atoms with Crippen LogP contribution in [-0.4, -0.2) is 45.1 Å². The molecule has 0 heterocycles. The molecule has 0 saturated heterocycles. The number of ether oxygens (including phenoxy) is 1. The van der Waals surface area contributed by atoms with Gasteiger partial charge in [-0.25, -0.2) is 12.7 Å². The summed E-state index contributed by atoms with van der Waals surface area (Å²) in [5.41, 5.74) is 1.45. The van der Waals surface area contributed by atoms with E-state index in [1.165, 1.54) is 38.4 Å². The maximum absolute atomic E-state index is 12.5. The Morgan fingerprint density at radius 2 is 1.41 bits per heavy atom. The number of nitrogens with one attached hydrogen (secondary N) is 1. The number of anilines is 1. The molecule has 166 valence electrons. The molecular formula is C23H21ClN2O5S. The number of carbonyl (C=O) groups excluding carboxylic acids is 2. The van der Waals surface area contributed by atoms with Crippen LogP contribution in [0.5, 0.6) is 5.75 Å². The third-order valence-electron chi connectivity index (χ3n) is 4.51. The van der Waals surface area contributed by atoms with Crippen molar-refractivity contribution in [2.75, 3.05) is 26.0 Å². The second kappa shape index (κ2) is 9.95. The third kappa shape index (κ3) is 5.73. The van der Waals surface area contributed by atoms with Crippen LogP contribution in [0.25, 0.3) is 0 Å². The molecule has 3 aromatic rings. The van der Waals surface area contributed by atoms with Crippen LogP contribution in [0.15, 0.2) is 77.7 Å². The smallest absolute Gasteiger partial charge is 0.262 e. The second-order valence-corrected chi connectivity index (χ2v) is 9.60. The highest BCUT2D eigenvalue weighted by molar-refractivity contribution is 7.89. The highest BCUT2D eigenvalue weighted by Crippen LogP contribution is 2.18. The van der Waals surface area contributed by atoms with Crippen LogP contribution in [0.2, 0.25) is 5.02 Å². The Kier molecular flexibility index (Phi) is 7.29. The minimum absolute atomic E-state index is 0.130. The van der Waals surface area contributed by atoms with Crippen molar-refractivity contribution in [1.29, 1.82) is 0 Å². The van der Waals surface area contributed by atoms with E-state index in [1.807, 2.05) is 0 Å². The van der Waals surface area contributed by atoms with Crippen molar-refractivity contribution in [3.8, 4) is 5.75 Å². The van der Waals surface area contributed by atoms with Gasteiger partial charge in [0, 0.05) is 35.9 Å². The van der Waals surface area contributed by atoms with Crippen molar-refractivity contribution in [1.82, 2.24) is 4.31 Å². The Morgan fingerprint density at radius 1 is 0.875 bits per heavy atom. The van der Waals surface area contributed by atoms with Crippen LogP contribution in [0.1, 0.15) is 15.9 Å². The molecule has 0 unspecified atom stereocenters. The van der Waals surface area contributed by atoms with E-state index in [0.29, 0.717) is 27.6 Å². The van der Waals surface area contributed by atoms with E-state index in [9.17, 15) is 18.0 Å². The first-order valence-electron chi connectivity index (χ1n) is 9.52. The van der Waals surface area contributed by atoms with Gasteiger partial charge in [-0.3, -0.25) is 9.59 Å². The molecule has 0 aliphatic carbocycles. The van der Waals surface area contributed by atoms with E-state index in [2.05, 4.69) is 5.32 Å². The molecule has 9 heteroatoms. The van der Waals surface area contributed by atoms with Crippen molar-refractivity contribution < 1.29 is 22.7 Å². The average Bonchev–Trinajstić information content (AvgIpc) is 2.78. The summed E-state index contributed by atoms with van der Waals surface area (Å²) < 4.78 is 30.7. The average molecular weight is 473 g/mol. The Balaban J connectivity index is 1.55. The van der Waals surface area contributed by atoms with E-state index in [-0.39, 0.29) is 17.3 Å². The zero-order valence-corrected chi connectivity index (χ0v) is 19.0. The van der Waals surface area contributed by atoms with Crippen LogP contribution in [0, 0.1) is 0 Å². The quantitative estimate of drug-likeness (QED) is 0.503. The molecule has 0 radical (unpaired) electrons. The van der Waals surface area contributed by atoms with Gasteiger partial charge in [0.05, 0.1) is 4.90 Å². The molecule has 32 heavy (non-hydrogen) atoms. The minimum Gasteiger partial charge on any atom is -0.484 e. The summed E-state index contributed by atoms with van der Waals surface area (Å²) in [4.78, 5) is 24.7. The molecule has 1 N–H and O–H groups in total. The van der Waals surface area contributed by atoms with E-state index >= 15 is 0 Å². The third-order valence-corrected chi connectivity index (χ3v) is 6.59. The normalized spacial score (nSPS) is 11.2. The molecule has 0 saturated carbocycles. The van der Waals surface area contributed by atoms with Gasteiger partial charge >= 0.3 is 0 Å². The summed E-state index contributed by atoms with van der Waals surface area (Å²) in [5, 5.41) is 3.19. The van der Waals surface area contributed by atoms with Gasteiger partial charge < -0.3 is 10.1 Å². The predicted octanol–water partition coefficient (Wildman–Crippen LogP) is 3.84. The topological polar surface area (TPSA) is 92.8 Å². The standard InChI is InChI=1S/C23H21ClN2O5S/c1-26(2)32(29,30)21-13-9-19(10-14-21)25-22(27)15-31-20-11-5-17(6-12-20)23(28)16-3-7-18(24)8-4-16/h3-14H,15H2,1-2H3,(H,25,27). The van der Waals surface area contributed by atoms with Crippen LogP contribution in [-0.2, 0) is 14.8 Å². The number of benzene rings is 3. The van der Waals surface area contributed by atoms with E-state index in [0.717, 1.165) is 4.31 Å². The Morgan fingerprint density at radius 3 is 1.94 bits per heavy atom. The predicted molar refractivity (Wildman–Crippen MR) is 123 cm³/mol. The molecule has 7 nitrogen and oxygen atoms in total. The van der Waals surface area contributed by atoms with E-state index < -0.39 is 15.9 Å². The lowest BCUT2D eigenvalue weighted by Gasteiger charge is -2.12. The van der Waals surface area contributed by atoms with Crippen LogP contribution in [0.4, 0.5) is 5.69 Å². The number of halogens is 1. The maximum Gasteiger partial charge on any atom is 0.262 e. The zero-order chi connectivity index (χ0) is 23.3. The minimum atomic E-state index is -3.53. The first-order chi connectivity index (χ1) is 15.2. The Bertz CT molecular complexity index is 1210. The fraction of sp³-hybridized carbons (Fsp3) is 0.130. The lowest BCUT2D eigenvalue weighted by atomic mass is 10.0. The zero-order valence-electron chi connectivity index (χ0n) is 17.4. The van der Waals surface area contributed by atoms with Crippen molar-refractivity contribution in [2.24, 2.45) is 0 Å². The number of ketones is 1. The number of amides is 1. The largest absolute Gasteiger partial charge is 0.484 e. The Hall–Kier alpha value is -3.20. The molecule has 0 fully saturated rings. The van der Waals surface area contributed by atoms with Gasteiger partial charge in [-0.15, -0.1) is 0 Å². The lowest BCUT2D eigenvalue weighted by molar-refractivity contribution is -0.118. The van der Waals surface area contributed by atoms with Crippen LogP contribution in [0.3, 0.4) is 0 Å². The summed E-state index contributed by atoms with van der Waals surface area (Å²) in [5.74, 6) is -0.125. The number of sulfonamides is 1. The summed E-state index contributed by atoms with van der Waals surface area (Å²) in [7, 11) is -0.638. The fourth-order valence-electron chi connectivity index (χ4n) is 2.74. The fourth-order valence-corrected chi connectivity index (χ4v) is 3.77. The molecule has 0 aromatic heterocycles. The second-order valence-electron chi connectivity index (χ2n) is 7.01. The van der Waals surface area contributed by atoms with Crippen LogP contribution < -0.4 is 10.1 Å². The number of nitrogens with zero attached hydrogens (tertiary/aromatic N) is 1. The van der Waals surface area contributed by atoms with Gasteiger partial charge in [0.2, 0.25) is 10.0 Å². The van der Waals surface area contributed by atoms with Crippen molar-refractivity contribution in [2.45, 2.75) is 4.90 Å². The van der Waals surface area contributed by atoms with Gasteiger partial charge in [-0.1, -0.05) is 11.6 Å². The summed E-state index contributed by atoms with van der Waals surface area (Å²) >= 11 is 5.84. The van der Waals surface area contributed by atoms with Crippen LogP contribution >= 0.6 is 11.6 Å². The molecule has 0 spiro atoms. The van der Waals surface area contributed by atoms with Gasteiger partial charge in [0.1, 0.15) is 5.75 Å². The maximum atomic E-state index is 12.5. The number of hydrogen-bond acceptors (Lipinski definition) is 5. The number of rotatable bonds is 8. The number of hydrogen-bond donors (Lipinski definition) is 1. The van der Waals surface area contributed by atoms with E-state index in [1.54, 1.807) is 48.5 Å². The van der Waals surface area contributed by atoms with Crippen molar-refractivity contribution in [3.63, 3.8) is 0 Å². The lowest BCUT2D eigenvalue weighted by Crippen LogP contribution is -2.22. The number of carbonyl (C=O) groups is 2. The molecule has 0 atom stereocenters. The van der Waals surface area contributed by atoms with Crippen molar-refractivity contribution >= 4 is 39.0 Å². The summed E-state index contributed by atoms with van der Waals surface area (Å²) in [6, 6.07) is 18.9. The first kappa shape index (κ1) is 23.5. The molecule has 3 aromatic carbocycles. The molecule has 0 aliphatic rings. The van der Waals surface area contributed by atoms with Gasteiger partial charge in [0.15, 0.2) is 12.4 Å². The molecular weight excluding hydrogens is 452 g/mol. The first-order valence-corrected chi connectivity index (χ1v) is 11.3. The summed E-state index contributed by atoms with van der Waals surface area (Å²) in [6.07, 6.45) is 0. The molecule has 0 bridgehead atoms. The Labute approximate surface area is 191 Å². The monoisotopic (exact) mass is 472 g/mol. The molecule has 3 rings (SSSR count). The van der Waals surface area contributed by atoms with Gasteiger partial charge in [0.25, 0.3) is 5.91 Å². The summed E-state index contributed by atoms with van der Waals surface area (Å²) in [6.45, 7) is -0.248. The molecule has 0 aliphatic heterocycles.